The molecule has 0 atom stereocenters. The summed E-state index contributed by atoms with van der Waals surface area (Å²) in [4.78, 5) is 7.67. The van der Waals surface area contributed by atoms with Crippen molar-refractivity contribution in [3.8, 4) is 0 Å². The van der Waals surface area contributed by atoms with Gasteiger partial charge in [-0.15, -0.1) is 11.8 Å². The first kappa shape index (κ1) is 20.7. The van der Waals surface area contributed by atoms with Crippen molar-refractivity contribution < 1.29 is 12.9 Å². The smallest absolute Gasteiger partial charge is 0.220 e. The first-order valence-electron chi connectivity index (χ1n) is 9.09. The minimum Gasteiger partial charge on any atom is -0.364 e. The lowest BCUT2D eigenvalue weighted by molar-refractivity contribution is 0.260. The van der Waals surface area contributed by atoms with Gasteiger partial charge in [0.25, 0.3) is 0 Å². The van der Waals surface area contributed by atoms with Gasteiger partial charge in [-0.05, 0) is 12.1 Å². The Morgan fingerprint density at radius 3 is 2.61 bits per heavy atom. The highest BCUT2D eigenvalue weighted by molar-refractivity contribution is 7.99. The van der Waals surface area contributed by atoms with E-state index in [0.717, 1.165) is 18.3 Å². The maximum absolute atomic E-state index is 12.5. The van der Waals surface area contributed by atoms with Crippen molar-refractivity contribution in [3.63, 3.8) is 0 Å². The molecule has 1 aromatic carbocycles. The molecule has 28 heavy (non-hydrogen) atoms. The lowest BCUT2D eigenvalue weighted by atomic mass is 10.4. The Hall–Kier alpha value is -2.04. The molecule has 2 aromatic rings. The Kier molecular flexibility index (Phi) is 7.35. The molecule has 0 aliphatic carbocycles. The number of piperazine rings is 1. The van der Waals surface area contributed by atoms with Gasteiger partial charge in [0.05, 0.1) is 5.69 Å². The number of hydrogen-bond donors (Lipinski definition) is 1. The van der Waals surface area contributed by atoms with E-state index < -0.39 is 10.0 Å². The number of sulfonamides is 1. The van der Waals surface area contributed by atoms with Gasteiger partial charge in [0, 0.05) is 56.5 Å². The fourth-order valence-electron chi connectivity index (χ4n) is 2.95. The van der Waals surface area contributed by atoms with Crippen LogP contribution in [-0.4, -0.2) is 74.3 Å². The zero-order chi connectivity index (χ0) is 19.8. The molecular weight excluding hydrogens is 398 g/mol. The average Bonchev–Trinajstić information content (AvgIpc) is 3.21. The van der Waals surface area contributed by atoms with E-state index >= 15 is 0 Å². The van der Waals surface area contributed by atoms with Crippen molar-refractivity contribution in [2.75, 3.05) is 45.5 Å². The first-order chi connectivity index (χ1) is 13.6. The van der Waals surface area contributed by atoms with Gasteiger partial charge in [-0.25, -0.2) is 8.42 Å². The summed E-state index contributed by atoms with van der Waals surface area (Å²) in [5, 5.41) is 7.06. The summed E-state index contributed by atoms with van der Waals surface area (Å²) < 4.78 is 31.3. The lowest BCUT2D eigenvalue weighted by Gasteiger charge is -2.35. The Morgan fingerprint density at radius 2 is 1.96 bits per heavy atom. The number of aromatic nitrogens is 1. The second-order valence-corrected chi connectivity index (χ2v) is 9.41. The van der Waals surface area contributed by atoms with Crippen LogP contribution in [0.2, 0.25) is 0 Å². The summed E-state index contributed by atoms with van der Waals surface area (Å²) in [5.74, 6) is 1.60. The number of guanidine groups is 1. The minimum absolute atomic E-state index is 0.132. The summed E-state index contributed by atoms with van der Waals surface area (Å²) >= 11 is 1.79. The van der Waals surface area contributed by atoms with Crippen LogP contribution in [0.1, 0.15) is 5.69 Å². The lowest BCUT2D eigenvalue weighted by Crippen LogP contribution is -2.54. The van der Waals surface area contributed by atoms with E-state index in [-0.39, 0.29) is 5.75 Å². The fourth-order valence-corrected chi connectivity index (χ4v) is 5.16. The van der Waals surface area contributed by atoms with Gasteiger partial charge in [0.15, 0.2) is 5.96 Å². The van der Waals surface area contributed by atoms with Crippen LogP contribution in [-0.2, 0) is 15.8 Å². The fraction of sp³-hybridized carbons (Fsp3) is 0.444. The minimum atomic E-state index is -3.39. The zero-order valence-electron chi connectivity index (χ0n) is 15.8. The quantitative estimate of drug-likeness (QED) is 0.312. The zero-order valence-corrected chi connectivity index (χ0v) is 17.5. The summed E-state index contributed by atoms with van der Waals surface area (Å²) in [5.41, 5.74) is 0.427. The molecule has 2 heterocycles. The van der Waals surface area contributed by atoms with Crippen LogP contribution >= 0.6 is 11.8 Å². The number of nitrogens with zero attached hydrogens (tertiary/aromatic N) is 4. The van der Waals surface area contributed by atoms with Gasteiger partial charge < -0.3 is 14.7 Å². The number of hydrogen-bond acceptors (Lipinski definition) is 6. The molecule has 1 aromatic heterocycles. The van der Waals surface area contributed by atoms with Crippen molar-refractivity contribution >= 4 is 27.7 Å². The Balaban J connectivity index is 1.43. The summed E-state index contributed by atoms with van der Waals surface area (Å²) in [6, 6.07) is 11.8. The highest BCUT2D eigenvalue weighted by atomic mass is 32.2. The monoisotopic (exact) mass is 423 g/mol. The van der Waals surface area contributed by atoms with Gasteiger partial charge >= 0.3 is 0 Å². The van der Waals surface area contributed by atoms with E-state index in [0.29, 0.717) is 31.9 Å². The van der Waals surface area contributed by atoms with Crippen LogP contribution in [0, 0.1) is 0 Å². The van der Waals surface area contributed by atoms with E-state index in [1.54, 1.807) is 24.9 Å². The van der Waals surface area contributed by atoms with Crippen LogP contribution in [0.3, 0.4) is 0 Å². The largest absolute Gasteiger partial charge is 0.364 e. The van der Waals surface area contributed by atoms with E-state index in [1.807, 2.05) is 18.2 Å². The van der Waals surface area contributed by atoms with E-state index in [1.165, 1.54) is 15.5 Å². The molecule has 3 rings (SSSR count). The maximum atomic E-state index is 12.5. The van der Waals surface area contributed by atoms with Crippen LogP contribution in [0.25, 0.3) is 0 Å². The molecule has 0 radical (unpaired) electrons. The molecule has 0 spiro atoms. The highest BCUT2D eigenvalue weighted by Gasteiger charge is 2.28. The SMILES string of the molecule is CN=C(NCCSc1ccccc1)N1CCN(S(=O)(=O)Cc2ccon2)CC1. The Morgan fingerprint density at radius 1 is 1.21 bits per heavy atom. The van der Waals surface area contributed by atoms with Crippen LogP contribution < -0.4 is 5.32 Å². The van der Waals surface area contributed by atoms with Crippen LogP contribution in [0.5, 0.6) is 0 Å². The van der Waals surface area contributed by atoms with Gasteiger partial charge in [-0.3, -0.25) is 4.99 Å². The van der Waals surface area contributed by atoms with Crippen molar-refractivity contribution in [1.82, 2.24) is 19.7 Å². The molecule has 152 valence electrons. The number of rotatable bonds is 7. The molecule has 1 fully saturated rings. The van der Waals surface area contributed by atoms with Gasteiger partial charge in [0.2, 0.25) is 10.0 Å². The van der Waals surface area contributed by atoms with Crippen molar-refractivity contribution in [1.29, 1.82) is 0 Å². The molecular formula is C18H25N5O3S2. The molecule has 1 aliphatic rings. The standard InChI is InChI=1S/C18H25N5O3S2/c1-19-18(20-8-14-27-17-5-3-2-4-6-17)22-9-11-23(12-10-22)28(24,25)15-16-7-13-26-21-16/h2-7,13H,8-12,14-15H2,1H3,(H,19,20). The second-order valence-electron chi connectivity index (χ2n) is 6.27. The molecule has 0 bridgehead atoms. The molecule has 1 saturated heterocycles. The predicted octanol–water partition coefficient (Wildman–Crippen LogP) is 1.49. The molecule has 1 aliphatic heterocycles. The molecule has 8 nitrogen and oxygen atoms in total. The molecule has 1 N–H and O–H groups in total. The average molecular weight is 424 g/mol. The number of benzene rings is 1. The predicted molar refractivity (Wildman–Crippen MR) is 111 cm³/mol. The van der Waals surface area contributed by atoms with E-state index in [9.17, 15) is 8.42 Å². The van der Waals surface area contributed by atoms with Crippen LogP contribution in [0.4, 0.5) is 0 Å². The van der Waals surface area contributed by atoms with Gasteiger partial charge in [-0.1, -0.05) is 23.4 Å². The number of nitrogens with one attached hydrogen (secondary N) is 1. The van der Waals surface area contributed by atoms with Crippen molar-refractivity contribution in [2.24, 2.45) is 4.99 Å². The van der Waals surface area contributed by atoms with E-state index in [2.05, 4.69) is 32.5 Å². The van der Waals surface area contributed by atoms with Gasteiger partial charge in [0.1, 0.15) is 12.0 Å². The third-order valence-electron chi connectivity index (χ3n) is 4.36. The summed E-state index contributed by atoms with van der Waals surface area (Å²) in [6.07, 6.45) is 1.38. The van der Waals surface area contributed by atoms with E-state index in [4.69, 9.17) is 4.52 Å². The van der Waals surface area contributed by atoms with Crippen molar-refractivity contribution in [3.05, 3.63) is 48.4 Å². The first-order valence-corrected chi connectivity index (χ1v) is 11.7. The third kappa shape index (κ3) is 5.73. The molecule has 10 heteroatoms. The van der Waals surface area contributed by atoms with Crippen molar-refractivity contribution in [2.45, 2.75) is 10.6 Å². The molecule has 0 amide bonds. The second kappa shape index (κ2) is 9.94. The number of thioether (sulfide) groups is 1. The maximum Gasteiger partial charge on any atom is 0.220 e. The Bertz CT molecular complexity index is 849. The summed E-state index contributed by atoms with van der Waals surface area (Å²) in [6.45, 7) is 2.85. The molecule has 0 unspecified atom stereocenters. The number of aliphatic imine (C=N–C) groups is 1. The molecule has 0 saturated carbocycles. The summed E-state index contributed by atoms with van der Waals surface area (Å²) in [7, 11) is -1.64. The third-order valence-corrected chi connectivity index (χ3v) is 7.19. The Labute approximate surface area is 170 Å². The normalized spacial score (nSPS) is 16.3. The topological polar surface area (TPSA) is 91.0 Å². The highest BCUT2D eigenvalue weighted by Crippen LogP contribution is 2.16. The van der Waals surface area contributed by atoms with Crippen LogP contribution in [0.15, 0.2) is 57.1 Å². The van der Waals surface area contributed by atoms with Gasteiger partial charge in [-0.2, -0.15) is 4.31 Å².